The molecule has 0 saturated carbocycles. The van der Waals surface area contributed by atoms with Gasteiger partial charge in [-0.1, -0.05) is 18.2 Å². The highest BCUT2D eigenvalue weighted by atomic mass is 16.1. The van der Waals surface area contributed by atoms with Crippen LogP contribution in [0.2, 0.25) is 0 Å². The molecule has 1 amide bonds. The average Bonchev–Trinajstić information content (AvgIpc) is 3.27. The van der Waals surface area contributed by atoms with Crippen molar-refractivity contribution in [3.63, 3.8) is 0 Å². The van der Waals surface area contributed by atoms with Crippen LogP contribution < -0.4 is 5.32 Å². The molecule has 0 radical (unpaired) electrons. The lowest BCUT2D eigenvalue weighted by Gasteiger charge is -2.24. The molecule has 1 aromatic carbocycles. The number of nitrogens with one attached hydrogen (secondary N) is 1. The predicted octanol–water partition coefficient (Wildman–Crippen LogP) is 3.45. The van der Waals surface area contributed by atoms with Crippen LogP contribution in [0.3, 0.4) is 0 Å². The number of imidazole rings is 1. The van der Waals surface area contributed by atoms with Crippen molar-refractivity contribution in [3.8, 4) is 0 Å². The molecule has 0 aliphatic carbocycles. The van der Waals surface area contributed by atoms with Crippen molar-refractivity contribution in [1.29, 1.82) is 0 Å². The highest BCUT2D eigenvalue weighted by Crippen LogP contribution is 2.30. The predicted molar refractivity (Wildman–Crippen MR) is 115 cm³/mol. The van der Waals surface area contributed by atoms with Gasteiger partial charge >= 0.3 is 0 Å². The van der Waals surface area contributed by atoms with Crippen molar-refractivity contribution in [2.75, 3.05) is 5.32 Å². The van der Waals surface area contributed by atoms with Crippen molar-refractivity contribution in [3.05, 3.63) is 77.3 Å². The van der Waals surface area contributed by atoms with Crippen LogP contribution in [0, 0.1) is 13.8 Å². The number of nitrogens with zero attached hydrogens (tertiary/aromatic N) is 5. The van der Waals surface area contributed by atoms with E-state index in [1.165, 1.54) is 5.56 Å². The Kier molecular flexibility index (Phi) is 4.58. The maximum atomic E-state index is 12.8. The number of rotatable bonds is 4. The summed E-state index contributed by atoms with van der Waals surface area (Å²) in [4.78, 5) is 17.3. The Morgan fingerprint density at radius 1 is 1.17 bits per heavy atom. The number of amides is 1. The minimum atomic E-state index is -0.0403. The van der Waals surface area contributed by atoms with Gasteiger partial charge in [-0.25, -0.2) is 4.98 Å². The molecular formula is C23H24N6O. The molecule has 0 fully saturated rings. The summed E-state index contributed by atoms with van der Waals surface area (Å²) in [6.45, 7) is 4.82. The first-order valence-corrected chi connectivity index (χ1v) is 10.3. The molecule has 3 aromatic heterocycles. The number of aromatic nitrogens is 5. The minimum Gasteiger partial charge on any atom is -0.326 e. The Balaban J connectivity index is 1.32. The summed E-state index contributed by atoms with van der Waals surface area (Å²) in [6.07, 6.45) is 4.20. The van der Waals surface area contributed by atoms with Crippen LogP contribution in [-0.2, 0) is 24.2 Å². The van der Waals surface area contributed by atoms with Crippen LogP contribution in [0.5, 0.6) is 0 Å². The van der Waals surface area contributed by atoms with Crippen molar-refractivity contribution in [2.24, 2.45) is 0 Å². The number of aryl methyl sites for hydroxylation is 3. The van der Waals surface area contributed by atoms with Crippen LogP contribution in [0.15, 0.2) is 48.7 Å². The van der Waals surface area contributed by atoms with Crippen molar-refractivity contribution in [1.82, 2.24) is 24.1 Å². The van der Waals surface area contributed by atoms with Gasteiger partial charge in [0.15, 0.2) is 0 Å². The normalized spacial score (nSPS) is 15.9. The molecule has 1 aliphatic rings. The molecule has 30 heavy (non-hydrogen) atoms. The van der Waals surface area contributed by atoms with E-state index < -0.39 is 0 Å². The zero-order valence-corrected chi connectivity index (χ0v) is 17.2. The molecule has 4 aromatic rings. The van der Waals surface area contributed by atoms with Crippen molar-refractivity contribution >= 4 is 17.2 Å². The first-order valence-electron chi connectivity index (χ1n) is 10.3. The van der Waals surface area contributed by atoms with Crippen LogP contribution in [0.1, 0.15) is 40.9 Å². The van der Waals surface area contributed by atoms with Gasteiger partial charge in [-0.3, -0.25) is 4.79 Å². The third kappa shape index (κ3) is 3.36. The summed E-state index contributed by atoms with van der Waals surface area (Å²) in [5.41, 5.74) is 4.73. The Bertz CT molecular complexity index is 1240. The number of fused-ring (bicyclic) bond motifs is 2. The topological polar surface area (TPSA) is 77.1 Å². The SMILES string of the molecule is Cc1nc2ccccn2c1CC(=O)Nc1cccc([C@H]2CCc3nnc(C)n3C2)c1. The molecule has 5 rings (SSSR count). The fourth-order valence-corrected chi connectivity index (χ4v) is 4.34. The maximum absolute atomic E-state index is 12.8. The number of hydrogen-bond donors (Lipinski definition) is 1. The summed E-state index contributed by atoms with van der Waals surface area (Å²) in [7, 11) is 0. The molecule has 1 aliphatic heterocycles. The second-order valence-corrected chi connectivity index (χ2v) is 7.93. The summed E-state index contributed by atoms with van der Waals surface area (Å²) in [6, 6.07) is 14.0. The van der Waals surface area contributed by atoms with Crippen molar-refractivity contribution in [2.45, 2.75) is 45.6 Å². The van der Waals surface area contributed by atoms with Gasteiger partial charge in [-0.15, -0.1) is 10.2 Å². The standard InChI is InChI=1S/C23H24N6O/c1-15-20(28-11-4-3-8-21(28)24-15)13-23(30)25-19-7-5-6-17(12-19)18-9-10-22-27-26-16(2)29(22)14-18/h3-8,11-12,18H,9-10,13-14H2,1-2H3,(H,25,30)/t18-/m0/s1. The largest absolute Gasteiger partial charge is 0.326 e. The van der Waals surface area contributed by atoms with Gasteiger partial charge < -0.3 is 14.3 Å². The summed E-state index contributed by atoms with van der Waals surface area (Å²) >= 11 is 0. The monoisotopic (exact) mass is 400 g/mol. The minimum absolute atomic E-state index is 0.0403. The van der Waals surface area contributed by atoms with Crippen molar-refractivity contribution < 1.29 is 4.79 Å². The second kappa shape index (κ2) is 7.40. The molecular weight excluding hydrogens is 376 g/mol. The summed E-state index contributed by atoms with van der Waals surface area (Å²) < 4.78 is 4.18. The number of anilines is 1. The fraction of sp³-hybridized carbons (Fsp3) is 0.304. The zero-order chi connectivity index (χ0) is 20.7. The molecule has 0 unspecified atom stereocenters. The summed E-state index contributed by atoms with van der Waals surface area (Å²) in [5, 5.41) is 11.5. The number of carbonyl (C=O) groups excluding carboxylic acids is 1. The lowest BCUT2D eigenvalue weighted by Crippen LogP contribution is -2.20. The second-order valence-electron chi connectivity index (χ2n) is 7.93. The molecule has 7 nitrogen and oxygen atoms in total. The van der Waals surface area contributed by atoms with E-state index in [1.807, 2.05) is 54.8 Å². The highest BCUT2D eigenvalue weighted by Gasteiger charge is 2.23. The van der Waals surface area contributed by atoms with Crippen LogP contribution in [-0.4, -0.2) is 30.1 Å². The number of pyridine rings is 1. The molecule has 7 heteroatoms. The van der Waals surface area contributed by atoms with Crippen LogP contribution in [0.25, 0.3) is 5.65 Å². The van der Waals surface area contributed by atoms with E-state index in [2.05, 4.69) is 37.2 Å². The van der Waals surface area contributed by atoms with Gasteiger partial charge in [0.05, 0.1) is 17.8 Å². The molecule has 0 spiro atoms. The number of carbonyl (C=O) groups is 1. The number of benzene rings is 1. The quantitative estimate of drug-likeness (QED) is 0.569. The van der Waals surface area contributed by atoms with Gasteiger partial charge in [-0.05, 0) is 50.1 Å². The lowest BCUT2D eigenvalue weighted by molar-refractivity contribution is -0.115. The van der Waals surface area contributed by atoms with E-state index in [9.17, 15) is 4.79 Å². The van der Waals surface area contributed by atoms with E-state index in [4.69, 9.17) is 0 Å². The smallest absolute Gasteiger partial charge is 0.230 e. The molecule has 0 bridgehead atoms. The van der Waals surface area contributed by atoms with E-state index in [0.717, 1.165) is 53.8 Å². The molecule has 1 N–H and O–H groups in total. The van der Waals surface area contributed by atoms with Crippen LogP contribution >= 0.6 is 0 Å². The lowest BCUT2D eigenvalue weighted by atomic mass is 9.91. The Morgan fingerprint density at radius 3 is 2.97 bits per heavy atom. The maximum Gasteiger partial charge on any atom is 0.230 e. The third-order valence-corrected chi connectivity index (χ3v) is 5.93. The Labute approximate surface area is 174 Å². The first-order chi connectivity index (χ1) is 14.6. The Morgan fingerprint density at radius 2 is 2.07 bits per heavy atom. The van der Waals surface area contributed by atoms with Gasteiger partial charge in [0, 0.05) is 30.8 Å². The van der Waals surface area contributed by atoms with E-state index in [0.29, 0.717) is 5.92 Å². The van der Waals surface area contributed by atoms with E-state index >= 15 is 0 Å². The molecule has 4 heterocycles. The van der Waals surface area contributed by atoms with Crippen LogP contribution in [0.4, 0.5) is 5.69 Å². The summed E-state index contributed by atoms with van der Waals surface area (Å²) in [5.74, 6) is 2.38. The first kappa shape index (κ1) is 18.5. The molecule has 1 atom stereocenters. The van der Waals surface area contributed by atoms with E-state index in [-0.39, 0.29) is 12.3 Å². The average molecular weight is 400 g/mol. The van der Waals surface area contributed by atoms with Gasteiger partial charge in [0.2, 0.25) is 5.91 Å². The third-order valence-electron chi connectivity index (χ3n) is 5.93. The number of hydrogen-bond acceptors (Lipinski definition) is 4. The Hall–Kier alpha value is -3.48. The van der Waals surface area contributed by atoms with Gasteiger partial charge in [0.1, 0.15) is 17.3 Å². The molecule has 152 valence electrons. The molecule has 0 saturated heterocycles. The van der Waals surface area contributed by atoms with Gasteiger partial charge in [-0.2, -0.15) is 0 Å². The van der Waals surface area contributed by atoms with Gasteiger partial charge in [0.25, 0.3) is 0 Å². The highest BCUT2D eigenvalue weighted by molar-refractivity contribution is 5.92. The fourth-order valence-electron chi connectivity index (χ4n) is 4.34. The zero-order valence-electron chi connectivity index (χ0n) is 17.2. The van der Waals surface area contributed by atoms with E-state index in [1.54, 1.807) is 0 Å².